The quantitative estimate of drug-likeness (QED) is 0.502. The van der Waals surface area contributed by atoms with Crippen LogP contribution in [0.4, 0.5) is 0 Å². The smallest absolute Gasteiger partial charge is 0.372 e. The van der Waals surface area contributed by atoms with Crippen LogP contribution in [0.1, 0.15) is 39.5 Å². The molecular weight excluding hydrogens is 240 g/mol. The second kappa shape index (κ2) is 8.46. The maximum Gasteiger partial charge on any atom is 0.372 e. The summed E-state index contributed by atoms with van der Waals surface area (Å²) < 4.78 is 12.1. The van der Waals surface area contributed by atoms with Crippen molar-refractivity contribution in [3.63, 3.8) is 0 Å². The van der Waals surface area contributed by atoms with Gasteiger partial charge in [0, 0.05) is 13.7 Å². The average Bonchev–Trinajstić information content (AvgIpc) is 2.44. The second-order valence-corrected chi connectivity index (χ2v) is 7.91. The van der Waals surface area contributed by atoms with Crippen molar-refractivity contribution < 1.29 is 8.85 Å². The van der Waals surface area contributed by atoms with Gasteiger partial charge in [-0.25, -0.2) is 0 Å². The van der Waals surface area contributed by atoms with Crippen LogP contribution in [0.3, 0.4) is 0 Å². The van der Waals surface area contributed by atoms with Crippen LogP contribution >= 0.6 is 0 Å². The molecule has 0 aromatic heterocycles. The lowest BCUT2D eigenvalue weighted by Gasteiger charge is -2.29. The molecule has 0 fully saturated rings. The molecule has 0 aliphatic rings. The first-order chi connectivity index (χ1) is 8.79. The summed E-state index contributed by atoms with van der Waals surface area (Å²) in [5.74, 6) is 0. The Labute approximate surface area is 113 Å². The van der Waals surface area contributed by atoms with Gasteiger partial charge in [-0.3, -0.25) is 0 Å². The zero-order chi connectivity index (χ0) is 13.3. The molecule has 1 aromatic carbocycles. The predicted molar refractivity (Wildman–Crippen MR) is 79.4 cm³/mol. The molecule has 1 rings (SSSR count). The van der Waals surface area contributed by atoms with Gasteiger partial charge in [0.2, 0.25) is 0 Å². The SMILES string of the molecule is CCCCO[Si](CCCC)(OC)c1ccccc1. The van der Waals surface area contributed by atoms with E-state index in [1.807, 2.05) is 6.07 Å². The van der Waals surface area contributed by atoms with Crippen LogP contribution in [0, 0.1) is 0 Å². The Morgan fingerprint density at radius 1 is 1.00 bits per heavy atom. The highest BCUT2D eigenvalue weighted by atomic mass is 28.4. The molecule has 0 spiro atoms. The van der Waals surface area contributed by atoms with Crippen molar-refractivity contribution in [1.82, 2.24) is 0 Å². The lowest BCUT2D eigenvalue weighted by atomic mass is 10.4. The minimum absolute atomic E-state index is 0.815. The molecule has 1 aromatic rings. The number of hydrogen-bond acceptors (Lipinski definition) is 2. The molecule has 0 heterocycles. The van der Waals surface area contributed by atoms with Gasteiger partial charge in [0.05, 0.1) is 0 Å². The molecule has 0 bridgehead atoms. The van der Waals surface area contributed by atoms with Crippen molar-refractivity contribution in [2.45, 2.75) is 45.6 Å². The van der Waals surface area contributed by atoms with Crippen LogP contribution in [0.15, 0.2) is 30.3 Å². The lowest BCUT2D eigenvalue weighted by Crippen LogP contribution is -2.53. The van der Waals surface area contributed by atoms with E-state index in [0.29, 0.717) is 0 Å². The fourth-order valence-electron chi connectivity index (χ4n) is 2.06. The molecule has 0 aliphatic heterocycles. The van der Waals surface area contributed by atoms with Crippen LogP contribution in [0.5, 0.6) is 0 Å². The van der Waals surface area contributed by atoms with Crippen molar-refractivity contribution in [1.29, 1.82) is 0 Å². The molecule has 1 unspecified atom stereocenters. The minimum atomic E-state index is -2.20. The van der Waals surface area contributed by atoms with E-state index in [2.05, 4.69) is 38.1 Å². The normalized spacial score (nSPS) is 14.4. The molecular formula is C15H26O2Si. The predicted octanol–water partition coefficient (Wildman–Crippen LogP) is 3.60. The maximum atomic E-state index is 6.22. The number of hydrogen-bond donors (Lipinski definition) is 0. The number of unbranched alkanes of at least 4 members (excludes halogenated alkanes) is 2. The van der Waals surface area contributed by atoms with Gasteiger partial charge in [-0.1, -0.05) is 63.4 Å². The molecule has 0 saturated carbocycles. The molecule has 18 heavy (non-hydrogen) atoms. The molecule has 0 saturated heterocycles. The van der Waals surface area contributed by atoms with E-state index in [9.17, 15) is 0 Å². The largest absolute Gasteiger partial charge is 0.394 e. The van der Waals surface area contributed by atoms with Gasteiger partial charge in [-0.15, -0.1) is 0 Å². The lowest BCUT2D eigenvalue weighted by molar-refractivity contribution is 0.207. The third-order valence-electron chi connectivity index (χ3n) is 3.24. The topological polar surface area (TPSA) is 18.5 Å². The fourth-order valence-corrected chi connectivity index (χ4v) is 5.21. The van der Waals surface area contributed by atoms with Crippen LogP contribution in [0.2, 0.25) is 6.04 Å². The average molecular weight is 266 g/mol. The molecule has 0 radical (unpaired) electrons. The van der Waals surface area contributed by atoms with E-state index in [0.717, 1.165) is 25.5 Å². The van der Waals surface area contributed by atoms with Gasteiger partial charge in [0.15, 0.2) is 0 Å². The summed E-state index contributed by atoms with van der Waals surface area (Å²) in [4.78, 5) is 0. The summed E-state index contributed by atoms with van der Waals surface area (Å²) in [7, 11) is -0.397. The minimum Gasteiger partial charge on any atom is -0.394 e. The Kier molecular flexibility index (Phi) is 7.24. The van der Waals surface area contributed by atoms with Crippen molar-refractivity contribution in [2.24, 2.45) is 0 Å². The third kappa shape index (κ3) is 4.23. The first-order valence-corrected chi connectivity index (χ1v) is 9.06. The molecule has 3 heteroatoms. The summed E-state index contributed by atoms with van der Waals surface area (Å²) in [6.45, 7) is 5.22. The van der Waals surface area contributed by atoms with Gasteiger partial charge in [-0.05, 0) is 17.7 Å². The maximum absolute atomic E-state index is 6.22. The van der Waals surface area contributed by atoms with Crippen LogP contribution in [0.25, 0.3) is 0 Å². The van der Waals surface area contributed by atoms with E-state index in [4.69, 9.17) is 8.85 Å². The standard InChI is InChI=1S/C15H26O2Si/c1-4-6-13-17-18(16-3,14-7-5-2)15-11-9-8-10-12-15/h8-12H,4-7,13-14H2,1-3H3. The Morgan fingerprint density at radius 3 is 2.22 bits per heavy atom. The Hall–Kier alpha value is -0.643. The van der Waals surface area contributed by atoms with Gasteiger partial charge in [0.25, 0.3) is 0 Å². The van der Waals surface area contributed by atoms with Crippen LogP contribution in [-0.4, -0.2) is 22.3 Å². The van der Waals surface area contributed by atoms with Gasteiger partial charge in [-0.2, -0.15) is 0 Å². The molecule has 0 aliphatic carbocycles. The first kappa shape index (κ1) is 15.4. The summed E-state index contributed by atoms with van der Waals surface area (Å²) in [6.07, 6.45) is 4.62. The Balaban J connectivity index is 2.83. The van der Waals surface area contributed by atoms with E-state index in [1.165, 1.54) is 18.0 Å². The van der Waals surface area contributed by atoms with E-state index >= 15 is 0 Å². The fraction of sp³-hybridized carbons (Fsp3) is 0.600. The Morgan fingerprint density at radius 2 is 1.67 bits per heavy atom. The summed E-state index contributed by atoms with van der Waals surface area (Å²) >= 11 is 0. The highest BCUT2D eigenvalue weighted by Gasteiger charge is 2.38. The van der Waals surface area contributed by atoms with Gasteiger partial charge in [0.1, 0.15) is 0 Å². The van der Waals surface area contributed by atoms with Crippen molar-refractivity contribution in [3.8, 4) is 0 Å². The highest BCUT2D eigenvalue weighted by molar-refractivity contribution is 6.81. The first-order valence-electron chi connectivity index (χ1n) is 7.03. The molecule has 1 atom stereocenters. The summed E-state index contributed by atoms with van der Waals surface area (Å²) in [5, 5.41) is 1.26. The zero-order valence-corrected chi connectivity index (χ0v) is 12.9. The number of rotatable bonds is 9. The van der Waals surface area contributed by atoms with Crippen molar-refractivity contribution >= 4 is 13.7 Å². The molecule has 0 amide bonds. The molecule has 0 N–H and O–H groups in total. The molecule has 2 nitrogen and oxygen atoms in total. The third-order valence-corrected chi connectivity index (χ3v) is 6.79. The number of benzene rings is 1. The van der Waals surface area contributed by atoms with E-state index < -0.39 is 8.56 Å². The second-order valence-electron chi connectivity index (χ2n) is 4.63. The summed E-state index contributed by atoms with van der Waals surface area (Å²) in [5.41, 5.74) is 0. The van der Waals surface area contributed by atoms with Gasteiger partial charge >= 0.3 is 8.56 Å². The van der Waals surface area contributed by atoms with E-state index in [-0.39, 0.29) is 0 Å². The zero-order valence-electron chi connectivity index (χ0n) is 11.9. The Bertz CT molecular complexity index is 316. The van der Waals surface area contributed by atoms with Crippen LogP contribution < -0.4 is 5.19 Å². The molecule has 102 valence electrons. The highest BCUT2D eigenvalue weighted by Crippen LogP contribution is 2.17. The van der Waals surface area contributed by atoms with Gasteiger partial charge < -0.3 is 8.85 Å². The van der Waals surface area contributed by atoms with Crippen molar-refractivity contribution in [2.75, 3.05) is 13.7 Å². The summed E-state index contributed by atoms with van der Waals surface area (Å²) in [6, 6.07) is 11.5. The monoisotopic (exact) mass is 266 g/mol. The van der Waals surface area contributed by atoms with Crippen LogP contribution in [-0.2, 0) is 8.85 Å². The van der Waals surface area contributed by atoms with Crippen molar-refractivity contribution in [3.05, 3.63) is 30.3 Å². The van der Waals surface area contributed by atoms with E-state index in [1.54, 1.807) is 7.11 Å².